The lowest BCUT2D eigenvalue weighted by Crippen LogP contribution is -2.28. The summed E-state index contributed by atoms with van der Waals surface area (Å²) in [6.45, 7) is 9.93. The van der Waals surface area contributed by atoms with Crippen molar-refractivity contribution in [1.29, 1.82) is 0 Å². The van der Waals surface area contributed by atoms with E-state index in [2.05, 4.69) is 25.8 Å². The van der Waals surface area contributed by atoms with Crippen LogP contribution in [0.2, 0.25) is 0 Å². The van der Waals surface area contributed by atoms with E-state index in [-0.39, 0.29) is 0 Å². The molecule has 0 spiro atoms. The van der Waals surface area contributed by atoms with Gasteiger partial charge in [0.15, 0.2) is 0 Å². The first-order valence-electron chi connectivity index (χ1n) is 5.99. The van der Waals surface area contributed by atoms with Crippen LogP contribution in [0.25, 0.3) is 0 Å². The van der Waals surface area contributed by atoms with Crippen molar-refractivity contribution < 1.29 is 0 Å². The summed E-state index contributed by atoms with van der Waals surface area (Å²) < 4.78 is 0. The highest BCUT2D eigenvalue weighted by Gasteiger charge is 2.28. The Morgan fingerprint density at radius 1 is 1.23 bits per heavy atom. The van der Waals surface area contributed by atoms with E-state index in [0.717, 1.165) is 12.0 Å². The summed E-state index contributed by atoms with van der Waals surface area (Å²) in [5, 5.41) is 0. The molecule has 1 aliphatic heterocycles. The zero-order valence-electron chi connectivity index (χ0n) is 10.1. The van der Waals surface area contributed by atoms with Gasteiger partial charge in [-0.05, 0) is 38.8 Å². The van der Waals surface area contributed by atoms with E-state index in [9.17, 15) is 0 Å². The van der Waals surface area contributed by atoms with Gasteiger partial charge in [-0.25, -0.2) is 0 Å². The van der Waals surface area contributed by atoms with Gasteiger partial charge in [0.2, 0.25) is 0 Å². The van der Waals surface area contributed by atoms with Crippen LogP contribution in [0.5, 0.6) is 0 Å². The summed E-state index contributed by atoms with van der Waals surface area (Å²) in [6.07, 6.45) is 5.56. The molecule has 0 aromatic heterocycles. The predicted molar refractivity (Wildman–Crippen MR) is 61.1 cm³/mol. The largest absolute Gasteiger partial charge is 0.303 e. The molecule has 1 heteroatoms. The Kier molecular flexibility index (Phi) is 7.35. The van der Waals surface area contributed by atoms with Gasteiger partial charge in [0, 0.05) is 6.04 Å². The fourth-order valence-electron chi connectivity index (χ4n) is 2.44. The molecule has 0 aliphatic carbocycles. The third-order valence-electron chi connectivity index (χ3n) is 3.04. The molecular formula is C12H27N. The molecule has 0 saturated carbocycles. The van der Waals surface area contributed by atoms with E-state index in [0.29, 0.717) is 0 Å². The normalized spacial score (nSPS) is 28.4. The monoisotopic (exact) mass is 185 g/mol. The van der Waals surface area contributed by atoms with Crippen LogP contribution in [0.1, 0.15) is 53.4 Å². The van der Waals surface area contributed by atoms with Crippen LogP contribution in [0.3, 0.4) is 0 Å². The Morgan fingerprint density at radius 2 is 1.85 bits per heavy atom. The van der Waals surface area contributed by atoms with Gasteiger partial charge in [-0.2, -0.15) is 0 Å². The smallest absolute Gasteiger partial charge is 0.0118 e. The molecule has 1 saturated heterocycles. The van der Waals surface area contributed by atoms with Crippen LogP contribution in [-0.2, 0) is 0 Å². The Balaban J connectivity index is 0.000000671. The van der Waals surface area contributed by atoms with E-state index in [1.54, 1.807) is 0 Å². The first-order valence-corrected chi connectivity index (χ1v) is 5.99. The van der Waals surface area contributed by atoms with Crippen LogP contribution in [0.4, 0.5) is 0 Å². The van der Waals surface area contributed by atoms with E-state index in [4.69, 9.17) is 0 Å². The molecule has 0 aromatic carbocycles. The van der Waals surface area contributed by atoms with Crippen molar-refractivity contribution in [3.63, 3.8) is 0 Å². The molecule has 13 heavy (non-hydrogen) atoms. The van der Waals surface area contributed by atoms with Gasteiger partial charge in [-0.3, -0.25) is 0 Å². The van der Waals surface area contributed by atoms with Gasteiger partial charge in [0.25, 0.3) is 0 Å². The average Bonchev–Trinajstić information content (AvgIpc) is 2.51. The second-order valence-electron chi connectivity index (χ2n) is 3.79. The van der Waals surface area contributed by atoms with Gasteiger partial charge in [0.1, 0.15) is 0 Å². The SMILES string of the molecule is CC.CCCC1CCN(C)C1CC. The van der Waals surface area contributed by atoms with Gasteiger partial charge >= 0.3 is 0 Å². The lowest BCUT2D eigenvalue weighted by atomic mass is 9.94. The van der Waals surface area contributed by atoms with Crippen LogP contribution in [0, 0.1) is 5.92 Å². The second kappa shape index (κ2) is 7.37. The zero-order chi connectivity index (χ0) is 10.3. The summed E-state index contributed by atoms with van der Waals surface area (Å²) in [5.74, 6) is 0.995. The molecule has 1 nitrogen and oxygen atoms in total. The van der Waals surface area contributed by atoms with Gasteiger partial charge in [0.05, 0.1) is 0 Å². The fraction of sp³-hybridized carbons (Fsp3) is 1.00. The molecule has 2 unspecified atom stereocenters. The first kappa shape index (κ1) is 13.0. The maximum atomic E-state index is 2.53. The van der Waals surface area contributed by atoms with Crippen LogP contribution < -0.4 is 0 Å². The average molecular weight is 185 g/mol. The molecular weight excluding hydrogens is 158 g/mol. The molecule has 0 amide bonds. The highest BCUT2D eigenvalue weighted by atomic mass is 15.2. The van der Waals surface area contributed by atoms with Crippen LogP contribution in [0.15, 0.2) is 0 Å². The molecule has 1 heterocycles. The summed E-state index contributed by atoms with van der Waals surface area (Å²) in [7, 11) is 2.27. The van der Waals surface area contributed by atoms with Gasteiger partial charge in [-0.15, -0.1) is 0 Å². The molecule has 2 atom stereocenters. The first-order chi connectivity index (χ1) is 6.29. The third-order valence-corrected chi connectivity index (χ3v) is 3.04. The van der Waals surface area contributed by atoms with Crippen LogP contribution in [-0.4, -0.2) is 24.5 Å². The van der Waals surface area contributed by atoms with Crippen molar-refractivity contribution in [2.75, 3.05) is 13.6 Å². The standard InChI is InChI=1S/C10H21N.C2H6/c1-4-6-9-7-8-11(3)10(9)5-2;1-2/h9-10H,4-8H2,1-3H3;1-2H3. The molecule has 0 bridgehead atoms. The minimum atomic E-state index is 0.884. The molecule has 0 aromatic rings. The summed E-state index contributed by atoms with van der Waals surface area (Å²) >= 11 is 0. The molecule has 0 N–H and O–H groups in total. The lowest BCUT2D eigenvalue weighted by molar-refractivity contribution is 0.256. The number of rotatable bonds is 3. The van der Waals surface area contributed by atoms with Crippen molar-refractivity contribution in [3.05, 3.63) is 0 Å². The Bertz CT molecular complexity index is 110. The van der Waals surface area contributed by atoms with Crippen molar-refractivity contribution >= 4 is 0 Å². The minimum absolute atomic E-state index is 0.884. The van der Waals surface area contributed by atoms with E-state index in [1.165, 1.54) is 32.2 Å². The summed E-state index contributed by atoms with van der Waals surface area (Å²) in [4.78, 5) is 2.53. The van der Waals surface area contributed by atoms with Gasteiger partial charge < -0.3 is 4.90 Å². The zero-order valence-corrected chi connectivity index (χ0v) is 10.1. The molecule has 0 radical (unpaired) electrons. The quantitative estimate of drug-likeness (QED) is 0.650. The van der Waals surface area contributed by atoms with Crippen LogP contribution >= 0.6 is 0 Å². The Morgan fingerprint density at radius 3 is 2.31 bits per heavy atom. The van der Waals surface area contributed by atoms with Crippen molar-refractivity contribution in [2.45, 2.75) is 59.4 Å². The minimum Gasteiger partial charge on any atom is -0.303 e. The maximum Gasteiger partial charge on any atom is 0.0118 e. The number of likely N-dealkylation sites (tertiary alicyclic amines) is 1. The highest BCUT2D eigenvalue weighted by molar-refractivity contribution is 4.83. The van der Waals surface area contributed by atoms with Gasteiger partial charge in [-0.1, -0.05) is 34.1 Å². The third kappa shape index (κ3) is 3.68. The molecule has 80 valence electrons. The lowest BCUT2D eigenvalue weighted by Gasteiger charge is -2.22. The molecule has 1 rings (SSSR count). The number of nitrogens with zero attached hydrogens (tertiary/aromatic N) is 1. The van der Waals surface area contributed by atoms with Crippen molar-refractivity contribution in [2.24, 2.45) is 5.92 Å². The predicted octanol–water partition coefficient (Wildman–Crippen LogP) is 3.54. The van der Waals surface area contributed by atoms with E-state index >= 15 is 0 Å². The second-order valence-corrected chi connectivity index (χ2v) is 3.79. The van der Waals surface area contributed by atoms with E-state index in [1.807, 2.05) is 13.8 Å². The van der Waals surface area contributed by atoms with E-state index < -0.39 is 0 Å². The van der Waals surface area contributed by atoms with Crippen molar-refractivity contribution in [1.82, 2.24) is 4.90 Å². The Labute approximate surface area is 84.5 Å². The number of hydrogen-bond donors (Lipinski definition) is 0. The molecule has 1 fully saturated rings. The number of hydrogen-bond acceptors (Lipinski definition) is 1. The summed E-state index contributed by atoms with van der Waals surface area (Å²) in [6, 6.07) is 0.884. The fourth-order valence-corrected chi connectivity index (χ4v) is 2.44. The van der Waals surface area contributed by atoms with Crippen molar-refractivity contribution in [3.8, 4) is 0 Å². The topological polar surface area (TPSA) is 3.24 Å². The highest BCUT2D eigenvalue weighted by Crippen LogP contribution is 2.28. The molecule has 1 aliphatic rings. The maximum absolute atomic E-state index is 2.53. The Hall–Kier alpha value is -0.0400. The summed E-state index contributed by atoms with van der Waals surface area (Å²) in [5.41, 5.74) is 0.